The number of nitrogens with one attached hydrogen (secondary N) is 3. The van der Waals surface area contributed by atoms with E-state index in [1.165, 1.54) is 4.90 Å². The maximum absolute atomic E-state index is 13.4. The minimum absolute atomic E-state index is 0.00420. The second kappa shape index (κ2) is 10.7. The Morgan fingerprint density at radius 1 is 1.14 bits per heavy atom. The van der Waals surface area contributed by atoms with E-state index in [2.05, 4.69) is 20.7 Å². The number of hydrogen-bond donors (Lipinski definition) is 3. The first-order valence-electron chi connectivity index (χ1n) is 12.1. The highest BCUT2D eigenvalue weighted by Gasteiger charge is 2.51. The van der Waals surface area contributed by atoms with E-state index in [1.807, 2.05) is 0 Å². The summed E-state index contributed by atoms with van der Waals surface area (Å²) in [4.78, 5) is 64.8. The Bertz CT molecular complexity index is 903. The molecule has 5 unspecified atom stereocenters. The van der Waals surface area contributed by atoms with Gasteiger partial charge in [-0.05, 0) is 58.3 Å². The van der Waals surface area contributed by atoms with Gasteiger partial charge in [0.05, 0.1) is 6.04 Å². The van der Waals surface area contributed by atoms with Gasteiger partial charge in [0.2, 0.25) is 11.8 Å². The van der Waals surface area contributed by atoms with Gasteiger partial charge in [0.1, 0.15) is 12.6 Å². The van der Waals surface area contributed by atoms with Gasteiger partial charge in [-0.3, -0.25) is 28.7 Å². The van der Waals surface area contributed by atoms with Crippen molar-refractivity contribution in [2.75, 3.05) is 19.7 Å². The number of Topliss-reactive ketones (excluding diaryl/α,β-unsaturated/α-hetero) is 1. The summed E-state index contributed by atoms with van der Waals surface area (Å²) < 4.78 is 41.2. The molecule has 0 aromatic heterocycles. The molecule has 1 saturated carbocycles. The molecule has 0 aromatic rings. The van der Waals surface area contributed by atoms with Gasteiger partial charge in [-0.25, -0.2) is 0 Å². The highest BCUT2D eigenvalue weighted by molar-refractivity contribution is 6.35. The Kier molecular flexibility index (Phi) is 8.31. The summed E-state index contributed by atoms with van der Waals surface area (Å²) in [5.41, 5.74) is -0.683. The monoisotopic (exact) mass is 518 g/mol. The quantitative estimate of drug-likeness (QED) is 0.424. The molecule has 3 rings (SSSR count). The van der Waals surface area contributed by atoms with E-state index in [9.17, 15) is 37.1 Å². The van der Waals surface area contributed by atoms with Gasteiger partial charge in [0.25, 0.3) is 0 Å². The van der Waals surface area contributed by atoms with Crippen molar-refractivity contribution < 1.29 is 41.9 Å². The van der Waals surface area contributed by atoms with Gasteiger partial charge in [0, 0.05) is 24.5 Å². The Labute approximate surface area is 207 Å². The lowest BCUT2D eigenvalue weighted by molar-refractivity contribution is -0.321. The summed E-state index contributed by atoms with van der Waals surface area (Å²) >= 11 is 0. The highest BCUT2D eigenvalue weighted by atomic mass is 19.4. The minimum atomic E-state index is -5.04. The summed E-state index contributed by atoms with van der Waals surface area (Å²) in [6, 6.07) is -2.47. The lowest BCUT2D eigenvalue weighted by atomic mass is 9.92. The number of rotatable bonds is 7. The first-order valence-corrected chi connectivity index (χ1v) is 12.1. The predicted octanol–water partition coefficient (Wildman–Crippen LogP) is 0.645. The van der Waals surface area contributed by atoms with Crippen molar-refractivity contribution in [1.29, 1.82) is 0 Å². The van der Waals surface area contributed by atoms with E-state index in [-0.39, 0.29) is 30.7 Å². The van der Waals surface area contributed by atoms with Crippen molar-refractivity contribution in [1.82, 2.24) is 20.9 Å². The number of fused-ring (bicyclic) bond motifs is 1. The predicted molar refractivity (Wildman–Crippen MR) is 119 cm³/mol. The number of carbonyl (C=O) groups is 5. The maximum atomic E-state index is 13.4. The molecule has 0 bridgehead atoms. The van der Waals surface area contributed by atoms with Crippen LogP contribution in [-0.4, -0.2) is 78.0 Å². The standard InChI is InChI=1S/C23H33F3N4O6/c1-22(2,3)29-20(34)21(35)30-10-13-5-4-6-14(13)17(30)19(33)28-15(9-12-7-8-27-18(12)32)16(31)11-36-23(24,25)26/h12-15,17H,4-11H2,1-3H3,(H,27,32)(H,28,33)(H,29,34). The maximum Gasteiger partial charge on any atom is 0.522 e. The Morgan fingerprint density at radius 2 is 1.83 bits per heavy atom. The molecule has 2 saturated heterocycles. The van der Waals surface area contributed by atoms with Gasteiger partial charge in [-0.15, -0.1) is 13.2 Å². The molecule has 202 valence electrons. The fourth-order valence-corrected chi connectivity index (χ4v) is 5.31. The van der Waals surface area contributed by atoms with Crippen molar-refractivity contribution >= 4 is 29.4 Å². The zero-order valence-electron chi connectivity index (χ0n) is 20.6. The molecule has 2 heterocycles. The second-order valence-electron chi connectivity index (χ2n) is 10.7. The summed E-state index contributed by atoms with van der Waals surface area (Å²) in [6.45, 7) is 4.35. The molecule has 2 aliphatic heterocycles. The number of amides is 4. The molecule has 4 amide bonds. The molecule has 0 aromatic carbocycles. The largest absolute Gasteiger partial charge is 0.522 e. The Balaban J connectivity index is 1.78. The molecule has 0 radical (unpaired) electrons. The topological polar surface area (TPSA) is 134 Å². The molecule has 3 aliphatic rings. The lowest BCUT2D eigenvalue weighted by Crippen LogP contribution is -2.57. The lowest BCUT2D eigenvalue weighted by Gasteiger charge is -2.30. The normalized spacial score (nSPS) is 26.8. The van der Waals surface area contributed by atoms with Crippen LogP contribution in [0, 0.1) is 17.8 Å². The summed E-state index contributed by atoms with van der Waals surface area (Å²) in [5.74, 6) is -4.78. The third kappa shape index (κ3) is 6.95. The fourth-order valence-electron chi connectivity index (χ4n) is 5.31. The minimum Gasteiger partial charge on any atom is -0.356 e. The highest BCUT2D eigenvalue weighted by Crippen LogP contribution is 2.42. The zero-order chi connectivity index (χ0) is 26.8. The molecular weight excluding hydrogens is 485 g/mol. The Morgan fingerprint density at radius 3 is 2.42 bits per heavy atom. The van der Waals surface area contributed by atoms with Crippen molar-refractivity contribution in [3.05, 3.63) is 0 Å². The molecule has 36 heavy (non-hydrogen) atoms. The molecule has 0 spiro atoms. The molecule has 3 fully saturated rings. The summed E-state index contributed by atoms with van der Waals surface area (Å²) in [5, 5.41) is 7.66. The number of nitrogens with zero attached hydrogens (tertiary/aromatic N) is 1. The van der Waals surface area contributed by atoms with Crippen LogP contribution in [-0.2, 0) is 28.7 Å². The number of alkyl halides is 3. The number of hydrogen-bond acceptors (Lipinski definition) is 6. The van der Waals surface area contributed by atoms with Gasteiger partial charge in [0.15, 0.2) is 5.78 Å². The van der Waals surface area contributed by atoms with E-state index >= 15 is 0 Å². The Hall–Kier alpha value is -2.70. The molecular formula is C23H33F3N4O6. The zero-order valence-corrected chi connectivity index (χ0v) is 20.6. The van der Waals surface area contributed by atoms with E-state index in [0.29, 0.717) is 19.4 Å². The van der Waals surface area contributed by atoms with Crippen LogP contribution in [0.15, 0.2) is 0 Å². The third-order valence-corrected chi connectivity index (χ3v) is 6.87. The first-order chi connectivity index (χ1) is 16.7. The second-order valence-corrected chi connectivity index (χ2v) is 10.7. The first kappa shape index (κ1) is 27.9. The summed E-state index contributed by atoms with van der Waals surface area (Å²) in [7, 11) is 0. The van der Waals surface area contributed by atoms with Crippen LogP contribution in [0.1, 0.15) is 52.9 Å². The molecule has 10 nitrogen and oxygen atoms in total. The number of halogens is 3. The van der Waals surface area contributed by atoms with Crippen LogP contribution < -0.4 is 16.0 Å². The molecule has 5 atom stereocenters. The van der Waals surface area contributed by atoms with Crippen molar-refractivity contribution in [2.24, 2.45) is 17.8 Å². The van der Waals surface area contributed by atoms with Crippen LogP contribution >= 0.6 is 0 Å². The van der Waals surface area contributed by atoms with E-state index in [1.54, 1.807) is 20.8 Å². The average molecular weight is 519 g/mol. The smallest absolute Gasteiger partial charge is 0.356 e. The third-order valence-electron chi connectivity index (χ3n) is 6.87. The number of ketones is 1. The summed E-state index contributed by atoms with van der Waals surface area (Å²) in [6.07, 6.45) is -2.64. The molecule has 3 N–H and O–H groups in total. The van der Waals surface area contributed by atoms with Crippen LogP contribution in [0.2, 0.25) is 0 Å². The number of carbonyl (C=O) groups excluding carboxylic acids is 5. The number of likely N-dealkylation sites (tertiary alicyclic amines) is 1. The van der Waals surface area contributed by atoms with E-state index in [0.717, 1.165) is 12.8 Å². The molecule has 13 heteroatoms. The average Bonchev–Trinajstić information content (AvgIpc) is 3.45. The number of ether oxygens (including phenoxy) is 1. The van der Waals surface area contributed by atoms with E-state index in [4.69, 9.17) is 0 Å². The SMILES string of the molecule is CC(C)(C)NC(=O)C(=O)N1CC2CCCC2C1C(=O)NC(CC1CCNC1=O)C(=O)COC(F)(F)F. The van der Waals surface area contributed by atoms with Gasteiger partial charge >= 0.3 is 18.2 Å². The van der Waals surface area contributed by atoms with Crippen molar-refractivity contribution in [3.8, 4) is 0 Å². The molecule has 1 aliphatic carbocycles. The van der Waals surface area contributed by atoms with Crippen LogP contribution in [0.5, 0.6) is 0 Å². The van der Waals surface area contributed by atoms with Gasteiger partial charge in [-0.1, -0.05) is 6.42 Å². The van der Waals surface area contributed by atoms with E-state index < -0.39 is 60.0 Å². The van der Waals surface area contributed by atoms with Gasteiger partial charge in [-0.2, -0.15) is 0 Å². The van der Waals surface area contributed by atoms with Crippen molar-refractivity contribution in [3.63, 3.8) is 0 Å². The van der Waals surface area contributed by atoms with Crippen LogP contribution in [0.3, 0.4) is 0 Å². The van der Waals surface area contributed by atoms with Crippen LogP contribution in [0.25, 0.3) is 0 Å². The van der Waals surface area contributed by atoms with Crippen molar-refractivity contribution in [2.45, 2.75) is 76.9 Å². The van der Waals surface area contributed by atoms with Crippen LogP contribution in [0.4, 0.5) is 13.2 Å². The van der Waals surface area contributed by atoms with Gasteiger partial charge < -0.3 is 20.9 Å². The fraction of sp³-hybridized carbons (Fsp3) is 0.783.